The van der Waals surface area contributed by atoms with E-state index >= 15 is 0 Å². The molecule has 0 aliphatic carbocycles. The molecule has 0 aromatic carbocycles. The smallest absolute Gasteiger partial charge is 0.315 e. The van der Waals surface area contributed by atoms with E-state index in [2.05, 4.69) is 22.9 Å². The van der Waals surface area contributed by atoms with Crippen molar-refractivity contribution in [3.05, 3.63) is 0 Å². The van der Waals surface area contributed by atoms with Crippen molar-refractivity contribution in [1.29, 1.82) is 0 Å². The largest absolute Gasteiger partial charge is 0.337 e. The Hall–Kier alpha value is -0.770. The summed E-state index contributed by atoms with van der Waals surface area (Å²) >= 11 is 0. The number of urea groups is 1. The van der Waals surface area contributed by atoms with Crippen LogP contribution in [-0.2, 0) is 0 Å². The van der Waals surface area contributed by atoms with Crippen molar-refractivity contribution in [1.82, 2.24) is 16.0 Å². The second kappa shape index (κ2) is 5.53. The third-order valence-electron chi connectivity index (χ3n) is 2.71. The minimum absolute atomic E-state index is 0.0764. The lowest BCUT2D eigenvalue weighted by molar-refractivity contribution is 0.228. The quantitative estimate of drug-likeness (QED) is 0.671. The molecular formula is C12H25N3O. The van der Waals surface area contributed by atoms with Gasteiger partial charge in [0.2, 0.25) is 0 Å². The Morgan fingerprint density at radius 3 is 2.62 bits per heavy atom. The maximum atomic E-state index is 11.5. The molecule has 0 aromatic heterocycles. The second-order valence-corrected chi connectivity index (χ2v) is 5.78. The van der Waals surface area contributed by atoms with E-state index in [0.29, 0.717) is 18.6 Å². The van der Waals surface area contributed by atoms with Gasteiger partial charge in [-0.3, -0.25) is 0 Å². The first-order valence-corrected chi connectivity index (χ1v) is 6.19. The Morgan fingerprint density at radius 1 is 1.38 bits per heavy atom. The molecule has 0 radical (unpaired) electrons. The fourth-order valence-corrected chi connectivity index (χ4v) is 2.00. The topological polar surface area (TPSA) is 53.2 Å². The molecule has 1 fully saturated rings. The number of piperidine rings is 1. The summed E-state index contributed by atoms with van der Waals surface area (Å²) in [4.78, 5) is 11.5. The van der Waals surface area contributed by atoms with Gasteiger partial charge in [-0.05, 0) is 40.5 Å². The van der Waals surface area contributed by atoms with Crippen LogP contribution in [0.1, 0.15) is 47.0 Å². The lowest BCUT2D eigenvalue weighted by Crippen LogP contribution is -2.52. The van der Waals surface area contributed by atoms with Crippen LogP contribution in [-0.4, -0.2) is 30.2 Å². The van der Waals surface area contributed by atoms with Crippen molar-refractivity contribution in [2.24, 2.45) is 0 Å². The van der Waals surface area contributed by atoms with Crippen LogP contribution in [0.15, 0.2) is 0 Å². The lowest BCUT2D eigenvalue weighted by atomic mass is 10.00. The summed E-state index contributed by atoms with van der Waals surface area (Å²) in [6, 6.07) is 0.924. The Bertz CT molecular complexity index is 235. The fourth-order valence-electron chi connectivity index (χ4n) is 2.00. The first kappa shape index (κ1) is 13.3. The SMILES string of the molecule is CC1CCCC(CNC(=O)NC(C)(C)C)N1. The molecule has 1 saturated heterocycles. The summed E-state index contributed by atoms with van der Waals surface area (Å²) in [6.45, 7) is 8.85. The Balaban J connectivity index is 2.21. The minimum atomic E-state index is -0.169. The molecule has 1 heterocycles. The predicted octanol–water partition coefficient (Wildman–Crippen LogP) is 1.61. The molecule has 16 heavy (non-hydrogen) atoms. The Morgan fingerprint density at radius 2 is 2.06 bits per heavy atom. The molecule has 2 atom stereocenters. The van der Waals surface area contributed by atoms with Gasteiger partial charge in [0.25, 0.3) is 0 Å². The zero-order chi connectivity index (χ0) is 12.2. The van der Waals surface area contributed by atoms with Crippen LogP contribution in [0.3, 0.4) is 0 Å². The van der Waals surface area contributed by atoms with E-state index in [4.69, 9.17) is 0 Å². The summed E-state index contributed by atoms with van der Waals surface area (Å²) in [5.41, 5.74) is -0.169. The molecule has 3 N–H and O–H groups in total. The monoisotopic (exact) mass is 227 g/mol. The minimum Gasteiger partial charge on any atom is -0.337 e. The average Bonchev–Trinajstić information content (AvgIpc) is 2.12. The molecule has 1 aliphatic rings. The van der Waals surface area contributed by atoms with Crippen molar-refractivity contribution >= 4 is 6.03 Å². The van der Waals surface area contributed by atoms with Crippen LogP contribution < -0.4 is 16.0 Å². The molecule has 0 aromatic rings. The van der Waals surface area contributed by atoms with E-state index in [1.165, 1.54) is 12.8 Å². The van der Waals surface area contributed by atoms with Crippen molar-refractivity contribution in [2.45, 2.75) is 64.6 Å². The van der Waals surface area contributed by atoms with Crippen LogP contribution in [0, 0.1) is 0 Å². The summed E-state index contributed by atoms with van der Waals surface area (Å²) in [5, 5.41) is 9.30. The van der Waals surface area contributed by atoms with E-state index in [0.717, 1.165) is 6.42 Å². The van der Waals surface area contributed by atoms with Gasteiger partial charge in [0.15, 0.2) is 0 Å². The van der Waals surface area contributed by atoms with Gasteiger partial charge in [-0.25, -0.2) is 4.79 Å². The summed E-state index contributed by atoms with van der Waals surface area (Å²) in [7, 11) is 0. The number of hydrogen-bond donors (Lipinski definition) is 3. The first-order valence-electron chi connectivity index (χ1n) is 6.19. The van der Waals surface area contributed by atoms with E-state index in [1.807, 2.05) is 20.8 Å². The standard InChI is InChI=1S/C12H25N3O/c1-9-6-5-7-10(14-9)8-13-11(16)15-12(2,3)4/h9-10,14H,5-8H2,1-4H3,(H2,13,15,16). The molecule has 1 rings (SSSR count). The Kier molecular flexibility index (Phi) is 4.59. The molecule has 4 nitrogen and oxygen atoms in total. The molecular weight excluding hydrogens is 202 g/mol. The summed E-state index contributed by atoms with van der Waals surface area (Å²) in [6.07, 6.45) is 3.65. The molecule has 0 bridgehead atoms. The number of rotatable bonds is 2. The van der Waals surface area contributed by atoms with Gasteiger partial charge in [0.1, 0.15) is 0 Å². The summed E-state index contributed by atoms with van der Waals surface area (Å²) in [5.74, 6) is 0. The highest BCUT2D eigenvalue weighted by Gasteiger charge is 2.19. The van der Waals surface area contributed by atoms with Gasteiger partial charge in [-0.15, -0.1) is 0 Å². The van der Waals surface area contributed by atoms with Gasteiger partial charge in [-0.2, -0.15) is 0 Å². The molecule has 0 spiro atoms. The maximum absolute atomic E-state index is 11.5. The highest BCUT2D eigenvalue weighted by atomic mass is 16.2. The van der Waals surface area contributed by atoms with Gasteiger partial charge in [0, 0.05) is 24.2 Å². The van der Waals surface area contributed by atoms with Crippen molar-refractivity contribution < 1.29 is 4.79 Å². The zero-order valence-corrected chi connectivity index (χ0v) is 10.9. The average molecular weight is 227 g/mol. The lowest BCUT2D eigenvalue weighted by Gasteiger charge is -2.29. The number of carbonyl (C=O) groups excluding carboxylic acids is 1. The van der Waals surface area contributed by atoms with Gasteiger partial charge >= 0.3 is 6.03 Å². The van der Waals surface area contributed by atoms with Crippen molar-refractivity contribution in [2.75, 3.05) is 6.54 Å². The van der Waals surface area contributed by atoms with Crippen LogP contribution >= 0.6 is 0 Å². The molecule has 2 unspecified atom stereocenters. The van der Waals surface area contributed by atoms with E-state index in [-0.39, 0.29) is 11.6 Å². The van der Waals surface area contributed by atoms with Gasteiger partial charge < -0.3 is 16.0 Å². The fraction of sp³-hybridized carbons (Fsp3) is 0.917. The third-order valence-corrected chi connectivity index (χ3v) is 2.71. The predicted molar refractivity (Wildman–Crippen MR) is 66.5 cm³/mol. The van der Waals surface area contributed by atoms with E-state index < -0.39 is 0 Å². The highest BCUT2D eigenvalue weighted by molar-refractivity contribution is 5.74. The van der Waals surface area contributed by atoms with Crippen LogP contribution in [0.2, 0.25) is 0 Å². The van der Waals surface area contributed by atoms with Crippen LogP contribution in [0.4, 0.5) is 4.79 Å². The molecule has 2 amide bonds. The van der Waals surface area contributed by atoms with Crippen molar-refractivity contribution in [3.8, 4) is 0 Å². The van der Waals surface area contributed by atoms with E-state index in [1.54, 1.807) is 0 Å². The molecule has 94 valence electrons. The molecule has 0 saturated carbocycles. The normalized spacial score (nSPS) is 26.2. The number of hydrogen-bond acceptors (Lipinski definition) is 2. The summed E-state index contributed by atoms with van der Waals surface area (Å²) < 4.78 is 0. The van der Waals surface area contributed by atoms with Gasteiger partial charge in [0.05, 0.1) is 0 Å². The second-order valence-electron chi connectivity index (χ2n) is 5.78. The number of carbonyl (C=O) groups is 1. The maximum Gasteiger partial charge on any atom is 0.315 e. The molecule has 4 heteroatoms. The van der Waals surface area contributed by atoms with Crippen molar-refractivity contribution in [3.63, 3.8) is 0 Å². The number of amides is 2. The van der Waals surface area contributed by atoms with E-state index in [9.17, 15) is 4.79 Å². The van der Waals surface area contributed by atoms with Gasteiger partial charge in [-0.1, -0.05) is 6.42 Å². The van der Waals surface area contributed by atoms with Crippen LogP contribution in [0.5, 0.6) is 0 Å². The van der Waals surface area contributed by atoms with Crippen LogP contribution in [0.25, 0.3) is 0 Å². The Labute approximate surface area is 98.6 Å². The number of nitrogens with one attached hydrogen (secondary N) is 3. The zero-order valence-electron chi connectivity index (χ0n) is 10.9. The molecule has 1 aliphatic heterocycles. The third kappa shape index (κ3) is 5.35. The first-order chi connectivity index (χ1) is 7.37. The highest BCUT2D eigenvalue weighted by Crippen LogP contribution is 2.11.